The molecule has 0 fully saturated rings. The van der Waals surface area contributed by atoms with Gasteiger partial charge in [0, 0.05) is 32.2 Å². The lowest BCUT2D eigenvalue weighted by Crippen LogP contribution is -2.41. The topological polar surface area (TPSA) is 43.7 Å². The Morgan fingerprint density at radius 3 is 2.79 bits per heavy atom. The van der Waals surface area contributed by atoms with Crippen molar-refractivity contribution in [2.45, 2.75) is 25.4 Å². The fraction of sp³-hybridized carbons (Fsp3) is 0.421. The fourth-order valence-electron chi connectivity index (χ4n) is 3.13. The maximum Gasteiger partial charge on any atom is 0.226 e. The predicted octanol–water partition coefficient (Wildman–Crippen LogP) is 2.88. The zero-order valence-corrected chi connectivity index (χ0v) is 14.1. The first-order valence-corrected chi connectivity index (χ1v) is 8.38. The van der Waals surface area contributed by atoms with E-state index < -0.39 is 0 Å². The Balaban J connectivity index is 1.55. The summed E-state index contributed by atoms with van der Waals surface area (Å²) in [5.41, 5.74) is 1.18. The summed E-state index contributed by atoms with van der Waals surface area (Å²) in [7, 11) is 1.71. The highest BCUT2D eigenvalue weighted by molar-refractivity contribution is 5.76. The number of methoxy groups -OCH3 is 1. The number of carbonyl (C=O) groups excluding carboxylic acids is 1. The molecule has 0 aliphatic carbocycles. The van der Waals surface area contributed by atoms with Crippen LogP contribution in [0.3, 0.4) is 0 Å². The molecule has 1 aliphatic rings. The van der Waals surface area contributed by atoms with Crippen LogP contribution in [-0.2, 0) is 16.1 Å². The lowest BCUT2D eigenvalue weighted by atomic mass is 10.1. The molecule has 2 heterocycles. The van der Waals surface area contributed by atoms with E-state index in [4.69, 9.17) is 9.47 Å². The molecule has 5 nitrogen and oxygen atoms in total. The Labute approximate surface area is 142 Å². The first kappa shape index (κ1) is 16.6. The SMILES string of the molecule is COCC[C@@H]1CN(C(=O)CCOc2ccccc2)Cc2cccn21. The molecular formula is C19H24N2O3. The summed E-state index contributed by atoms with van der Waals surface area (Å²) in [6.07, 6.45) is 3.39. The molecule has 1 amide bonds. The van der Waals surface area contributed by atoms with Crippen molar-refractivity contribution in [2.24, 2.45) is 0 Å². The van der Waals surface area contributed by atoms with Crippen LogP contribution in [0.15, 0.2) is 48.7 Å². The summed E-state index contributed by atoms with van der Waals surface area (Å²) in [6.45, 7) is 2.50. The summed E-state index contributed by atoms with van der Waals surface area (Å²) < 4.78 is 13.1. The molecule has 1 atom stereocenters. The van der Waals surface area contributed by atoms with Crippen LogP contribution in [0.5, 0.6) is 5.75 Å². The summed E-state index contributed by atoms with van der Waals surface area (Å²) in [4.78, 5) is 14.5. The van der Waals surface area contributed by atoms with E-state index in [0.717, 1.165) is 18.7 Å². The highest BCUT2D eigenvalue weighted by atomic mass is 16.5. The Kier molecular flexibility index (Phi) is 5.54. The third-order valence-electron chi connectivity index (χ3n) is 4.38. The van der Waals surface area contributed by atoms with Crippen LogP contribution < -0.4 is 4.74 Å². The van der Waals surface area contributed by atoms with Crippen molar-refractivity contribution in [1.29, 1.82) is 0 Å². The van der Waals surface area contributed by atoms with Crippen LogP contribution in [0, 0.1) is 0 Å². The monoisotopic (exact) mass is 328 g/mol. The minimum Gasteiger partial charge on any atom is -0.493 e. The van der Waals surface area contributed by atoms with Crippen molar-refractivity contribution in [3.63, 3.8) is 0 Å². The van der Waals surface area contributed by atoms with Gasteiger partial charge in [-0.25, -0.2) is 0 Å². The number of benzene rings is 1. The standard InChI is InChI=1S/C19H24N2O3/c1-23-12-9-17-15-20(14-16-6-5-11-21(16)17)19(22)10-13-24-18-7-3-2-4-8-18/h2-8,11,17H,9-10,12-15H2,1H3/t17-/m1/s1. The molecule has 0 saturated heterocycles. The van der Waals surface area contributed by atoms with E-state index in [1.165, 1.54) is 5.69 Å². The summed E-state index contributed by atoms with van der Waals surface area (Å²) in [6, 6.07) is 14.0. The van der Waals surface area contributed by atoms with Gasteiger partial charge in [0.05, 0.1) is 25.6 Å². The quantitative estimate of drug-likeness (QED) is 0.785. The smallest absolute Gasteiger partial charge is 0.226 e. The molecule has 0 saturated carbocycles. The molecule has 0 spiro atoms. The van der Waals surface area contributed by atoms with Crippen LogP contribution >= 0.6 is 0 Å². The van der Waals surface area contributed by atoms with Crippen molar-refractivity contribution in [1.82, 2.24) is 9.47 Å². The van der Waals surface area contributed by atoms with Gasteiger partial charge < -0.3 is 18.9 Å². The third-order valence-corrected chi connectivity index (χ3v) is 4.38. The highest BCUT2D eigenvalue weighted by Gasteiger charge is 2.26. The van der Waals surface area contributed by atoms with E-state index in [9.17, 15) is 4.79 Å². The lowest BCUT2D eigenvalue weighted by molar-refractivity contribution is -0.133. The molecule has 0 N–H and O–H groups in total. The zero-order chi connectivity index (χ0) is 16.8. The van der Waals surface area contributed by atoms with Crippen molar-refractivity contribution < 1.29 is 14.3 Å². The van der Waals surface area contributed by atoms with Gasteiger partial charge in [0.25, 0.3) is 0 Å². The van der Waals surface area contributed by atoms with Crippen molar-refractivity contribution in [3.05, 3.63) is 54.4 Å². The van der Waals surface area contributed by atoms with Crippen LogP contribution in [-0.4, -0.2) is 42.2 Å². The Hall–Kier alpha value is -2.27. The first-order valence-electron chi connectivity index (χ1n) is 8.38. The van der Waals surface area contributed by atoms with E-state index in [2.05, 4.69) is 16.8 Å². The Morgan fingerprint density at radius 1 is 1.17 bits per heavy atom. The largest absolute Gasteiger partial charge is 0.493 e. The minimum atomic E-state index is 0.140. The normalized spacial score (nSPS) is 16.7. The molecule has 1 aromatic heterocycles. The highest BCUT2D eigenvalue weighted by Crippen LogP contribution is 2.25. The molecule has 5 heteroatoms. The van der Waals surface area contributed by atoms with Gasteiger partial charge in [0.1, 0.15) is 5.75 Å². The predicted molar refractivity (Wildman–Crippen MR) is 91.9 cm³/mol. The van der Waals surface area contributed by atoms with E-state index in [1.807, 2.05) is 41.3 Å². The average Bonchev–Trinajstić information content (AvgIpc) is 3.09. The Bertz CT molecular complexity index is 654. The second-order valence-corrected chi connectivity index (χ2v) is 6.03. The molecule has 3 rings (SSSR count). The number of rotatable bonds is 7. The molecule has 0 bridgehead atoms. The third kappa shape index (κ3) is 3.97. The van der Waals surface area contributed by atoms with Gasteiger partial charge in [0.15, 0.2) is 0 Å². The number of carbonyl (C=O) groups is 1. The number of nitrogens with zero attached hydrogens (tertiary/aromatic N) is 2. The number of ether oxygens (including phenoxy) is 2. The fourth-order valence-corrected chi connectivity index (χ4v) is 3.13. The van der Waals surface area contributed by atoms with Gasteiger partial charge in [-0.1, -0.05) is 18.2 Å². The second kappa shape index (κ2) is 8.02. The van der Waals surface area contributed by atoms with Gasteiger partial charge in [-0.15, -0.1) is 0 Å². The van der Waals surface area contributed by atoms with Gasteiger partial charge in [0.2, 0.25) is 5.91 Å². The number of hydrogen-bond acceptors (Lipinski definition) is 3. The summed E-state index contributed by atoms with van der Waals surface area (Å²) in [5.74, 6) is 0.941. The number of fused-ring (bicyclic) bond motifs is 1. The van der Waals surface area contributed by atoms with Gasteiger partial charge in [-0.2, -0.15) is 0 Å². The van der Waals surface area contributed by atoms with Gasteiger partial charge in [-0.05, 0) is 30.7 Å². The number of para-hydroxylation sites is 1. The van der Waals surface area contributed by atoms with E-state index in [0.29, 0.717) is 26.2 Å². The maximum atomic E-state index is 12.5. The van der Waals surface area contributed by atoms with Crippen molar-refractivity contribution >= 4 is 5.91 Å². The van der Waals surface area contributed by atoms with Crippen LogP contribution in [0.2, 0.25) is 0 Å². The first-order chi connectivity index (χ1) is 11.8. The zero-order valence-electron chi connectivity index (χ0n) is 14.1. The number of aromatic nitrogens is 1. The van der Waals surface area contributed by atoms with Crippen molar-refractivity contribution in [3.8, 4) is 5.75 Å². The molecule has 24 heavy (non-hydrogen) atoms. The van der Waals surface area contributed by atoms with Crippen LogP contribution in [0.25, 0.3) is 0 Å². The van der Waals surface area contributed by atoms with E-state index in [-0.39, 0.29) is 11.9 Å². The Morgan fingerprint density at radius 2 is 2.00 bits per heavy atom. The summed E-state index contributed by atoms with van der Waals surface area (Å²) >= 11 is 0. The van der Waals surface area contributed by atoms with E-state index >= 15 is 0 Å². The molecular weight excluding hydrogens is 304 g/mol. The number of amides is 1. The van der Waals surface area contributed by atoms with Crippen molar-refractivity contribution in [2.75, 3.05) is 26.9 Å². The second-order valence-electron chi connectivity index (χ2n) is 6.03. The minimum absolute atomic E-state index is 0.140. The molecule has 0 unspecified atom stereocenters. The lowest BCUT2D eigenvalue weighted by Gasteiger charge is -2.35. The summed E-state index contributed by atoms with van der Waals surface area (Å²) in [5, 5.41) is 0. The van der Waals surface area contributed by atoms with Gasteiger partial charge >= 0.3 is 0 Å². The molecule has 0 radical (unpaired) electrons. The molecule has 1 aromatic carbocycles. The van der Waals surface area contributed by atoms with E-state index in [1.54, 1.807) is 7.11 Å². The number of hydrogen-bond donors (Lipinski definition) is 0. The molecule has 128 valence electrons. The van der Waals surface area contributed by atoms with Crippen LogP contribution in [0.4, 0.5) is 0 Å². The molecule has 2 aromatic rings. The average molecular weight is 328 g/mol. The van der Waals surface area contributed by atoms with Crippen LogP contribution in [0.1, 0.15) is 24.6 Å². The van der Waals surface area contributed by atoms with Gasteiger partial charge in [-0.3, -0.25) is 4.79 Å². The maximum absolute atomic E-state index is 12.5. The molecule has 1 aliphatic heterocycles.